The van der Waals surface area contributed by atoms with Crippen LogP contribution in [0.25, 0.3) is 0 Å². The molecule has 0 atom stereocenters. The number of carbonyl (C=O) groups is 2. The molecule has 0 aromatic heterocycles. The molecule has 1 heterocycles. The molecule has 2 N–H and O–H groups in total. The second-order valence-corrected chi connectivity index (χ2v) is 11.3. The number of nitrogens with zero attached hydrogens (tertiary/aromatic N) is 2. The first-order valence-corrected chi connectivity index (χ1v) is 14.2. The van der Waals surface area contributed by atoms with E-state index >= 15 is 0 Å². The van der Waals surface area contributed by atoms with Gasteiger partial charge in [-0.15, -0.1) is 4.83 Å². The molecule has 208 valence electrons. The van der Waals surface area contributed by atoms with Crippen molar-refractivity contribution in [3.05, 3.63) is 87.4 Å². The highest BCUT2D eigenvalue weighted by Gasteiger charge is 2.22. The summed E-state index contributed by atoms with van der Waals surface area (Å²) in [6.45, 7) is 4.80. The maximum Gasteiger partial charge on any atom is 0.262 e. The molecule has 40 heavy (non-hydrogen) atoms. The number of morpholine rings is 1. The van der Waals surface area contributed by atoms with Crippen molar-refractivity contribution < 1.29 is 27.5 Å². The third-order valence-corrected chi connectivity index (χ3v) is 7.66. The molecule has 0 spiro atoms. The fraction of sp³-hybridized carbons (Fsp3) is 0.250. The summed E-state index contributed by atoms with van der Waals surface area (Å²) < 4.78 is 36.4. The van der Waals surface area contributed by atoms with E-state index in [9.17, 15) is 23.3 Å². The molecule has 1 saturated heterocycles. The summed E-state index contributed by atoms with van der Waals surface area (Å²) in [4.78, 5) is 28.5. The number of carbonyl (C=O) groups excluding carboxylic acids is 2. The number of anilines is 1. The van der Waals surface area contributed by atoms with Gasteiger partial charge >= 0.3 is 0 Å². The molecule has 0 radical (unpaired) electrons. The predicted octanol–water partition coefficient (Wildman–Crippen LogP) is 3.60. The molecule has 1 aliphatic rings. The van der Waals surface area contributed by atoms with E-state index < -0.39 is 28.3 Å². The van der Waals surface area contributed by atoms with E-state index in [1.165, 1.54) is 42.5 Å². The topological polar surface area (TPSA) is 138 Å². The Morgan fingerprint density at radius 1 is 1.07 bits per heavy atom. The van der Waals surface area contributed by atoms with Gasteiger partial charge < -0.3 is 14.8 Å². The Kier molecular flexibility index (Phi) is 9.19. The van der Waals surface area contributed by atoms with Crippen LogP contribution in [-0.4, -0.2) is 58.0 Å². The summed E-state index contributed by atoms with van der Waals surface area (Å²) >= 11 is 6.13. The van der Waals surface area contributed by atoms with Crippen molar-refractivity contribution in [2.24, 2.45) is 0 Å². The van der Waals surface area contributed by atoms with E-state index in [1.54, 1.807) is 31.0 Å². The maximum absolute atomic E-state index is 13.2. The highest BCUT2D eigenvalue weighted by molar-refractivity contribution is 7.89. The molecule has 12 heteroatoms. The quantitative estimate of drug-likeness (QED) is 0.365. The second-order valence-electron chi connectivity index (χ2n) is 9.18. The van der Waals surface area contributed by atoms with Gasteiger partial charge in [0.25, 0.3) is 15.9 Å². The lowest BCUT2D eigenvalue weighted by Gasteiger charge is -2.26. The number of hydrogen-bond acceptors (Lipinski definition) is 8. The summed E-state index contributed by atoms with van der Waals surface area (Å²) in [5, 5.41) is 13.8. The van der Waals surface area contributed by atoms with E-state index in [0.29, 0.717) is 53.7 Å². The molecule has 1 fully saturated rings. The van der Waals surface area contributed by atoms with Crippen molar-refractivity contribution in [3.8, 4) is 11.8 Å². The highest BCUT2D eigenvalue weighted by atomic mass is 35.5. The van der Waals surface area contributed by atoms with Crippen LogP contribution < -0.4 is 14.9 Å². The molecular formula is C28H27ClN4O6S. The van der Waals surface area contributed by atoms with Crippen LogP contribution in [-0.2, 0) is 19.6 Å². The number of hydrazine groups is 1. The number of amides is 1. The van der Waals surface area contributed by atoms with Gasteiger partial charge in [-0.2, -0.15) is 5.26 Å². The summed E-state index contributed by atoms with van der Waals surface area (Å²) in [6, 6.07) is 15.7. The molecule has 1 aliphatic heterocycles. The number of sulfonamides is 1. The number of rotatable bonds is 9. The van der Waals surface area contributed by atoms with Gasteiger partial charge in [-0.3, -0.25) is 9.59 Å². The van der Waals surface area contributed by atoms with Crippen LogP contribution in [0.5, 0.6) is 5.75 Å². The minimum atomic E-state index is -3.80. The fourth-order valence-corrected chi connectivity index (χ4v) is 5.47. The van der Waals surface area contributed by atoms with Crippen molar-refractivity contribution in [3.63, 3.8) is 0 Å². The number of hydrogen-bond donors (Lipinski definition) is 2. The highest BCUT2D eigenvalue weighted by Crippen LogP contribution is 2.27. The lowest BCUT2D eigenvalue weighted by Crippen LogP contribution is -2.48. The van der Waals surface area contributed by atoms with Crippen LogP contribution in [0.15, 0.2) is 59.5 Å². The number of nitrogens with one attached hydrogen (secondary N) is 2. The Morgan fingerprint density at radius 2 is 1.82 bits per heavy atom. The number of benzene rings is 3. The Hall–Kier alpha value is -3.79. The van der Waals surface area contributed by atoms with Crippen LogP contribution >= 0.6 is 11.6 Å². The molecular weight excluding hydrogens is 556 g/mol. The van der Waals surface area contributed by atoms with E-state index in [2.05, 4.69) is 10.1 Å². The third-order valence-electron chi connectivity index (χ3n) is 6.06. The predicted molar refractivity (Wildman–Crippen MR) is 149 cm³/mol. The van der Waals surface area contributed by atoms with Gasteiger partial charge in [-0.1, -0.05) is 11.6 Å². The molecule has 0 bridgehead atoms. The number of ether oxygens (including phenoxy) is 2. The Bertz CT molecular complexity index is 1600. The minimum absolute atomic E-state index is 0.0609. The van der Waals surface area contributed by atoms with Gasteiger partial charge in [-0.25, -0.2) is 13.4 Å². The largest absolute Gasteiger partial charge is 0.483 e. The third kappa shape index (κ3) is 7.24. The van der Waals surface area contributed by atoms with Gasteiger partial charge in [0.1, 0.15) is 5.75 Å². The van der Waals surface area contributed by atoms with E-state index in [4.69, 9.17) is 21.1 Å². The first kappa shape index (κ1) is 29.2. The van der Waals surface area contributed by atoms with Crippen LogP contribution in [0.2, 0.25) is 5.02 Å². The minimum Gasteiger partial charge on any atom is -0.483 e. The van der Waals surface area contributed by atoms with E-state index in [0.717, 1.165) is 5.56 Å². The fourth-order valence-electron chi connectivity index (χ4n) is 4.09. The summed E-state index contributed by atoms with van der Waals surface area (Å²) in [5.74, 6) is -0.769. The van der Waals surface area contributed by atoms with Gasteiger partial charge in [0, 0.05) is 29.4 Å². The van der Waals surface area contributed by atoms with Gasteiger partial charge in [0.05, 0.1) is 35.3 Å². The Morgan fingerprint density at radius 3 is 2.52 bits per heavy atom. The first-order valence-electron chi connectivity index (χ1n) is 12.3. The lowest BCUT2D eigenvalue weighted by atomic mass is 9.98. The SMILES string of the molecule is Cc1cc(C#N)cc(C(=O)c2cc(Cl)ccc2OCC(=O)Nc2ccc(S(=O)(=O)NN3CCOCC3)cc2C)c1. The maximum atomic E-state index is 13.2. The molecule has 10 nitrogen and oxygen atoms in total. The van der Waals surface area contributed by atoms with Crippen molar-refractivity contribution in [2.75, 3.05) is 38.2 Å². The van der Waals surface area contributed by atoms with Crippen LogP contribution in [0, 0.1) is 25.2 Å². The van der Waals surface area contributed by atoms with Crippen molar-refractivity contribution >= 4 is 39.0 Å². The standard InChI is InChI=1S/C28H27ClN4O6S/c1-18-11-20(16-30)14-21(12-18)28(35)24-15-22(29)3-6-26(24)39-17-27(34)31-25-5-4-23(13-19(25)2)40(36,37)32-33-7-9-38-10-8-33/h3-6,11-15,32H,7-10,17H2,1-2H3,(H,31,34). The number of halogens is 1. The molecule has 0 saturated carbocycles. The monoisotopic (exact) mass is 582 g/mol. The number of ketones is 1. The zero-order valence-corrected chi connectivity index (χ0v) is 23.4. The summed E-state index contributed by atoms with van der Waals surface area (Å²) in [7, 11) is -3.80. The smallest absolute Gasteiger partial charge is 0.262 e. The van der Waals surface area contributed by atoms with Gasteiger partial charge in [0.2, 0.25) is 0 Å². The molecule has 0 unspecified atom stereocenters. The van der Waals surface area contributed by atoms with Crippen LogP contribution in [0.3, 0.4) is 0 Å². The van der Waals surface area contributed by atoms with Crippen LogP contribution in [0.1, 0.15) is 32.6 Å². The van der Waals surface area contributed by atoms with Crippen molar-refractivity contribution in [2.45, 2.75) is 18.7 Å². The van der Waals surface area contributed by atoms with Crippen molar-refractivity contribution in [1.82, 2.24) is 9.84 Å². The average Bonchev–Trinajstić information content (AvgIpc) is 2.93. The normalized spacial score (nSPS) is 13.8. The molecule has 0 aliphatic carbocycles. The Balaban J connectivity index is 1.44. The average molecular weight is 583 g/mol. The van der Waals surface area contributed by atoms with Gasteiger partial charge in [-0.05, 0) is 79.6 Å². The van der Waals surface area contributed by atoms with E-state index in [-0.39, 0.29) is 16.2 Å². The number of nitriles is 1. The zero-order valence-electron chi connectivity index (χ0n) is 21.9. The molecule has 3 aromatic carbocycles. The lowest BCUT2D eigenvalue weighted by molar-refractivity contribution is -0.118. The summed E-state index contributed by atoms with van der Waals surface area (Å²) in [6.07, 6.45) is 0. The summed E-state index contributed by atoms with van der Waals surface area (Å²) in [5.41, 5.74) is 2.48. The van der Waals surface area contributed by atoms with E-state index in [1.807, 2.05) is 6.07 Å². The Labute approximate surface area is 237 Å². The number of aryl methyl sites for hydroxylation is 2. The molecule has 1 amide bonds. The molecule has 3 aromatic rings. The van der Waals surface area contributed by atoms with Gasteiger partial charge in [0.15, 0.2) is 12.4 Å². The second kappa shape index (κ2) is 12.6. The first-order chi connectivity index (χ1) is 19.1. The molecule has 4 rings (SSSR count). The van der Waals surface area contributed by atoms with Crippen molar-refractivity contribution in [1.29, 1.82) is 5.26 Å². The zero-order chi connectivity index (χ0) is 28.9. The van der Waals surface area contributed by atoms with Crippen LogP contribution in [0.4, 0.5) is 5.69 Å².